The molecule has 1 aliphatic rings. The largest absolute Gasteiger partial charge is 0.550 e. The number of aromatic nitrogens is 3. The van der Waals surface area contributed by atoms with Crippen LogP contribution in [-0.4, -0.2) is 33.8 Å². The zero-order chi connectivity index (χ0) is 22.7. The number of nitrogens with one attached hydrogen (secondary N) is 2. The van der Waals surface area contributed by atoms with Crippen molar-refractivity contribution in [2.75, 3.05) is 17.7 Å². The number of rotatable bonds is 7. The summed E-state index contributed by atoms with van der Waals surface area (Å²) in [7, 11) is 1.60. The fourth-order valence-electron chi connectivity index (χ4n) is 3.29. The average molecular weight is 453 g/mol. The van der Waals surface area contributed by atoms with Crippen molar-refractivity contribution in [2.45, 2.75) is 18.9 Å². The molecule has 3 aromatic rings. The Morgan fingerprint density at radius 3 is 2.53 bits per heavy atom. The first-order valence-electron chi connectivity index (χ1n) is 9.78. The molecule has 0 spiro atoms. The average Bonchev–Trinajstić information content (AvgIpc) is 3.20. The van der Waals surface area contributed by atoms with E-state index in [-0.39, 0.29) is 24.8 Å². The maximum absolute atomic E-state index is 12.0. The smallest absolute Gasteiger partial charge is 0.250 e. The molecule has 164 valence electrons. The van der Waals surface area contributed by atoms with E-state index in [2.05, 4.69) is 20.7 Å². The van der Waals surface area contributed by atoms with Crippen molar-refractivity contribution < 1.29 is 19.4 Å². The van der Waals surface area contributed by atoms with Gasteiger partial charge in [-0.05, 0) is 47.9 Å². The SMILES string of the molecule is COc1ccc([C@@H]2C=C(c3ccc(Cl)cc3)Nc3nc(NC(=O)CCC(=O)[O-])nn32)cc1. The van der Waals surface area contributed by atoms with Crippen LogP contribution in [0.2, 0.25) is 5.02 Å². The molecule has 1 atom stereocenters. The summed E-state index contributed by atoms with van der Waals surface area (Å²) in [5, 5.41) is 21.4. The van der Waals surface area contributed by atoms with Gasteiger partial charge < -0.3 is 20.0 Å². The van der Waals surface area contributed by atoms with E-state index in [1.54, 1.807) is 23.9 Å². The fourth-order valence-corrected chi connectivity index (χ4v) is 3.41. The predicted molar refractivity (Wildman–Crippen MR) is 117 cm³/mol. The van der Waals surface area contributed by atoms with Gasteiger partial charge in [0.2, 0.25) is 11.9 Å². The summed E-state index contributed by atoms with van der Waals surface area (Å²) in [5.41, 5.74) is 2.64. The van der Waals surface area contributed by atoms with Crippen LogP contribution in [0.25, 0.3) is 5.70 Å². The third kappa shape index (κ3) is 4.73. The molecule has 0 bridgehead atoms. The normalized spacial score (nSPS) is 14.7. The molecular weight excluding hydrogens is 434 g/mol. The molecule has 32 heavy (non-hydrogen) atoms. The molecule has 1 aliphatic heterocycles. The number of fused-ring (bicyclic) bond motifs is 1. The quantitative estimate of drug-likeness (QED) is 0.564. The number of carboxylic acids is 1. The highest BCUT2D eigenvalue weighted by Crippen LogP contribution is 2.34. The van der Waals surface area contributed by atoms with Crippen LogP contribution in [0.5, 0.6) is 5.75 Å². The van der Waals surface area contributed by atoms with Crippen molar-refractivity contribution in [3.63, 3.8) is 0 Å². The molecule has 1 amide bonds. The fraction of sp³-hybridized carbons (Fsp3) is 0.182. The minimum atomic E-state index is -1.30. The highest BCUT2D eigenvalue weighted by molar-refractivity contribution is 6.30. The first-order chi connectivity index (χ1) is 15.4. The molecule has 2 aromatic carbocycles. The Hall–Kier alpha value is -3.85. The van der Waals surface area contributed by atoms with Crippen molar-refractivity contribution in [3.05, 3.63) is 70.8 Å². The van der Waals surface area contributed by atoms with Crippen LogP contribution < -0.4 is 20.5 Å². The lowest BCUT2D eigenvalue weighted by molar-refractivity contribution is -0.305. The number of methoxy groups -OCH3 is 1. The van der Waals surface area contributed by atoms with Crippen molar-refractivity contribution in [3.8, 4) is 5.75 Å². The minimum absolute atomic E-state index is 0.0696. The summed E-state index contributed by atoms with van der Waals surface area (Å²) in [6.07, 6.45) is 1.39. The van der Waals surface area contributed by atoms with E-state index in [0.717, 1.165) is 22.6 Å². The predicted octanol–water partition coefficient (Wildman–Crippen LogP) is 2.46. The molecule has 9 nitrogen and oxygen atoms in total. The van der Waals surface area contributed by atoms with Gasteiger partial charge in [0.25, 0.3) is 5.95 Å². The monoisotopic (exact) mass is 452 g/mol. The number of amides is 1. The van der Waals surface area contributed by atoms with Gasteiger partial charge in [-0.2, -0.15) is 4.98 Å². The number of halogens is 1. The molecule has 10 heteroatoms. The molecular formula is C22H19ClN5O4-. The number of allylic oxidation sites excluding steroid dienone is 1. The van der Waals surface area contributed by atoms with E-state index in [1.807, 2.05) is 42.5 Å². The first-order valence-corrected chi connectivity index (χ1v) is 10.2. The Balaban J connectivity index is 1.67. The summed E-state index contributed by atoms with van der Waals surface area (Å²) in [6.45, 7) is 0. The summed E-state index contributed by atoms with van der Waals surface area (Å²) >= 11 is 6.02. The zero-order valence-corrected chi connectivity index (χ0v) is 17.8. The van der Waals surface area contributed by atoms with Crippen LogP contribution in [0.1, 0.15) is 30.0 Å². The van der Waals surface area contributed by atoms with E-state index in [0.29, 0.717) is 11.0 Å². The highest BCUT2D eigenvalue weighted by Gasteiger charge is 2.26. The third-order valence-corrected chi connectivity index (χ3v) is 5.14. The summed E-state index contributed by atoms with van der Waals surface area (Å²) in [6, 6.07) is 14.6. The molecule has 0 unspecified atom stereocenters. The Bertz CT molecular complexity index is 1170. The van der Waals surface area contributed by atoms with Crippen molar-refractivity contribution in [2.24, 2.45) is 0 Å². The van der Waals surface area contributed by atoms with Gasteiger partial charge in [0, 0.05) is 23.1 Å². The number of carbonyl (C=O) groups excluding carboxylic acids is 2. The molecule has 2 N–H and O–H groups in total. The second-order valence-electron chi connectivity index (χ2n) is 7.05. The van der Waals surface area contributed by atoms with Gasteiger partial charge in [0.1, 0.15) is 11.8 Å². The molecule has 0 saturated carbocycles. The summed E-state index contributed by atoms with van der Waals surface area (Å²) in [5.74, 6) is -0.586. The van der Waals surface area contributed by atoms with Crippen LogP contribution in [-0.2, 0) is 9.59 Å². The lowest BCUT2D eigenvalue weighted by Gasteiger charge is -2.24. The van der Waals surface area contributed by atoms with Gasteiger partial charge in [-0.25, -0.2) is 4.68 Å². The molecule has 0 radical (unpaired) electrons. The van der Waals surface area contributed by atoms with Crippen LogP contribution in [0.15, 0.2) is 54.6 Å². The molecule has 0 saturated heterocycles. The lowest BCUT2D eigenvalue weighted by atomic mass is 10.0. The van der Waals surface area contributed by atoms with Crippen molar-refractivity contribution >= 4 is 41.1 Å². The van der Waals surface area contributed by atoms with Gasteiger partial charge in [-0.15, -0.1) is 5.10 Å². The highest BCUT2D eigenvalue weighted by atomic mass is 35.5. The van der Waals surface area contributed by atoms with E-state index < -0.39 is 11.9 Å². The summed E-state index contributed by atoms with van der Waals surface area (Å²) < 4.78 is 6.89. The number of aliphatic carboxylic acids is 1. The second kappa shape index (κ2) is 9.11. The number of ether oxygens (including phenoxy) is 1. The van der Waals surface area contributed by atoms with Crippen LogP contribution in [0.4, 0.5) is 11.9 Å². The Morgan fingerprint density at radius 1 is 1.16 bits per heavy atom. The zero-order valence-electron chi connectivity index (χ0n) is 17.0. The molecule has 0 fully saturated rings. The first kappa shape index (κ1) is 21.4. The van der Waals surface area contributed by atoms with Gasteiger partial charge in [0.05, 0.1) is 7.11 Å². The Kier molecular flexibility index (Phi) is 6.09. The Morgan fingerprint density at radius 2 is 1.88 bits per heavy atom. The second-order valence-corrected chi connectivity index (χ2v) is 7.49. The molecule has 0 aliphatic carbocycles. The van der Waals surface area contributed by atoms with Crippen LogP contribution in [0, 0.1) is 0 Å². The van der Waals surface area contributed by atoms with Crippen LogP contribution >= 0.6 is 11.6 Å². The minimum Gasteiger partial charge on any atom is -0.550 e. The maximum Gasteiger partial charge on any atom is 0.250 e. The standard InChI is InChI=1S/C22H20ClN5O4/c1-32-16-8-4-14(5-9-16)18-12-17(13-2-6-15(23)7-3-13)24-22-26-21(27-28(18)22)25-19(29)10-11-20(30)31/h2-9,12,18H,10-11H2,1H3,(H,30,31)(H2,24,25,26,27,29)/p-1/t18-/m0/s1. The topological polar surface area (TPSA) is 121 Å². The third-order valence-electron chi connectivity index (χ3n) is 4.89. The summed E-state index contributed by atoms with van der Waals surface area (Å²) in [4.78, 5) is 27.0. The lowest BCUT2D eigenvalue weighted by Crippen LogP contribution is -2.24. The van der Waals surface area contributed by atoms with Crippen molar-refractivity contribution in [1.82, 2.24) is 14.8 Å². The van der Waals surface area contributed by atoms with E-state index >= 15 is 0 Å². The number of hydrogen-bond donors (Lipinski definition) is 2. The van der Waals surface area contributed by atoms with Gasteiger partial charge in [-0.3, -0.25) is 10.1 Å². The van der Waals surface area contributed by atoms with E-state index in [1.165, 1.54) is 0 Å². The van der Waals surface area contributed by atoms with Crippen molar-refractivity contribution in [1.29, 1.82) is 0 Å². The number of carbonyl (C=O) groups is 2. The Labute approximate surface area is 188 Å². The molecule has 2 heterocycles. The van der Waals surface area contributed by atoms with Gasteiger partial charge in [-0.1, -0.05) is 35.9 Å². The van der Waals surface area contributed by atoms with Gasteiger partial charge >= 0.3 is 0 Å². The molecule has 4 rings (SSSR count). The maximum atomic E-state index is 12.0. The van der Waals surface area contributed by atoms with Gasteiger partial charge in [0.15, 0.2) is 0 Å². The number of hydrogen-bond acceptors (Lipinski definition) is 7. The van der Waals surface area contributed by atoms with Crippen LogP contribution in [0.3, 0.4) is 0 Å². The molecule has 1 aromatic heterocycles. The number of nitrogens with zero attached hydrogens (tertiary/aromatic N) is 3. The number of benzene rings is 2. The number of carboxylic acid groups (broad SMARTS) is 1. The van der Waals surface area contributed by atoms with E-state index in [4.69, 9.17) is 16.3 Å². The number of anilines is 2. The van der Waals surface area contributed by atoms with E-state index in [9.17, 15) is 14.7 Å².